The minimum atomic E-state index is -0.528. The van der Waals surface area contributed by atoms with Crippen molar-refractivity contribution in [2.24, 2.45) is 0 Å². The van der Waals surface area contributed by atoms with E-state index in [9.17, 15) is 9.59 Å². The van der Waals surface area contributed by atoms with Gasteiger partial charge in [-0.2, -0.15) is 17.0 Å². The number of thioether (sulfide) groups is 1. The number of benzene rings is 2. The summed E-state index contributed by atoms with van der Waals surface area (Å²) in [6.45, 7) is -0.314. The van der Waals surface area contributed by atoms with Crippen LogP contribution in [0.5, 0.6) is 5.75 Å². The molecule has 0 aliphatic carbocycles. The van der Waals surface area contributed by atoms with E-state index in [1.165, 1.54) is 0 Å². The number of amides is 2. The van der Waals surface area contributed by atoms with Gasteiger partial charge in [-0.15, -0.1) is 0 Å². The highest BCUT2D eigenvalue weighted by Gasteiger charge is 2.09. The molecule has 7 heteroatoms. The smallest absolute Gasteiger partial charge is 0.276 e. The summed E-state index contributed by atoms with van der Waals surface area (Å²) in [4.78, 5) is 23.7. The zero-order valence-electron chi connectivity index (χ0n) is 13.6. The number of nitrogens with zero attached hydrogens (tertiary/aromatic N) is 1. The molecule has 128 valence electrons. The molecule has 0 radical (unpaired) electrons. The summed E-state index contributed by atoms with van der Waals surface area (Å²) < 4.78 is 5.28. The molecule has 0 heterocycles. The van der Waals surface area contributed by atoms with Crippen molar-refractivity contribution in [3.63, 3.8) is 0 Å². The van der Waals surface area contributed by atoms with Gasteiger partial charge < -0.3 is 4.74 Å². The maximum Gasteiger partial charge on any atom is 0.276 e. The number of hydrazine groups is 1. The van der Waals surface area contributed by atoms with Crippen LogP contribution in [0.25, 0.3) is 0 Å². The molecule has 2 rings (SSSR count). The van der Waals surface area contributed by atoms with Crippen molar-refractivity contribution >= 4 is 23.6 Å². The molecule has 25 heavy (non-hydrogen) atoms. The number of nitriles is 1. The standard InChI is InChI=1S/C18H17N3O3S/c1-25-12-13-6-8-14(9-7-13)18(23)21-20-17(22)11-24-16-5-3-2-4-15(16)10-19/h2-9H,11-12H2,1H3,(H,20,22)(H,21,23). The van der Waals surface area contributed by atoms with Gasteiger partial charge in [0.15, 0.2) is 6.61 Å². The third-order valence-corrected chi connectivity index (χ3v) is 3.83. The first-order valence-corrected chi connectivity index (χ1v) is 8.82. The van der Waals surface area contributed by atoms with E-state index in [2.05, 4.69) is 10.9 Å². The Balaban J connectivity index is 1.81. The monoisotopic (exact) mass is 355 g/mol. The molecular weight excluding hydrogens is 338 g/mol. The van der Waals surface area contributed by atoms with Crippen molar-refractivity contribution < 1.29 is 14.3 Å². The lowest BCUT2D eigenvalue weighted by Gasteiger charge is -2.10. The molecule has 0 saturated heterocycles. The number of carbonyl (C=O) groups is 2. The lowest BCUT2D eigenvalue weighted by molar-refractivity contribution is -0.123. The third-order valence-electron chi connectivity index (χ3n) is 3.21. The van der Waals surface area contributed by atoms with Gasteiger partial charge >= 0.3 is 0 Å². The van der Waals surface area contributed by atoms with Crippen molar-refractivity contribution in [3.05, 3.63) is 65.2 Å². The maximum atomic E-state index is 12.0. The highest BCUT2D eigenvalue weighted by atomic mass is 32.2. The van der Waals surface area contributed by atoms with E-state index in [-0.39, 0.29) is 6.61 Å². The summed E-state index contributed by atoms with van der Waals surface area (Å²) in [7, 11) is 0. The van der Waals surface area contributed by atoms with Crippen LogP contribution in [-0.2, 0) is 10.5 Å². The Labute approximate surface area is 150 Å². The molecule has 0 bridgehead atoms. The number of hydrogen-bond acceptors (Lipinski definition) is 5. The van der Waals surface area contributed by atoms with Gasteiger partial charge in [0, 0.05) is 11.3 Å². The number of para-hydroxylation sites is 1. The minimum Gasteiger partial charge on any atom is -0.482 e. The van der Waals surface area contributed by atoms with Crippen LogP contribution in [0, 0.1) is 11.3 Å². The number of nitrogens with one attached hydrogen (secondary N) is 2. The summed E-state index contributed by atoms with van der Waals surface area (Å²) in [5, 5.41) is 8.95. The number of carbonyl (C=O) groups excluding carboxylic acids is 2. The van der Waals surface area contributed by atoms with E-state index < -0.39 is 11.8 Å². The van der Waals surface area contributed by atoms with Gasteiger partial charge in [-0.1, -0.05) is 24.3 Å². The molecule has 0 spiro atoms. The zero-order chi connectivity index (χ0) is 18.1. The Morgan fingerprint density at radius 1 is 1.12 bits per heavy atom. The Morgan fingerprint density at radius 2 is 1.84 bits per heavy atom. The molecule has 0 aromatic heterocycles. The van der Waals surface area contributed by atoms with Crippen molar-refractivity contribution in [2.75, 3.05) is 12.9 Å². The lowest BCUT2D eigenvalue weighted by Crippen LogP contribution is -2.43. The highest BCUT2D eigenvalue weighted by Crippen LogP contribution is 2.16. The Bertz CT molecular complexity index is 785. The molecule has 0 unspecified atom stereocenters. The summed E-state index contributed by atoms with van der Waals surface area (Å²) in [5.74, 6) is 0.248. The number of ether oxygens (including phenoxy) is 1. The van der Waals surface area contributed by atoms with E-state index in [0.717, 1.165) is 11.3 Å². The first kappa shape index (κ1) is 18.4. The van der Waals surface area contributed by atoms with Crippen LogP contribution in [0.15, 0.2) is 48.5 Å². The fourth-order valence-corrected chi connectivity index (χ4v) is 2.51. The quantitative estimate of drug-likeness (QED) is 0.776. The van der Waals surface area contributed by atoms with Gasteiger partial charge in [-0.3, -0.25) is 20.4 Å². The predicted molar refractivity (Wildman–Crippen MR) is 95.9 cm³/mol. The molecule has 2 aromatic rings. The lowest BCUT2D eigenvalue weighted by atomic mass is 10.1. The predicted octanol–water partition coefficient (Wildman–Crippen LogP) is 2.26. The van der Waals surface area contributed by atoms with Gasteiger partial charge in [-0.05, 0) is 36.1 Å². The molecule has 6 nitrogen and oxygen atoms in total. The topological polar surface area (TPSA) is 91.2 Å². The summed E-state index contributed by atoms with van der Waals surface area (Å²) in [6, 6.07) is 15.7. The molecule has 2 amide bonds. The first-order chi connectivity index (χ1) is 12.1. The average Bonchev–Trinajstić information content (AvgIpc) is 2.65. The summed E-state index contributed by atoms with van der Waals surface area (Å²) in [5.41, 5.74) is 6.51. The normalized spacial score (nSPS) is 9.76. The Hall–Kier alpha value is -2.98. The van der Waals surface area contributed by atoms with Crippen LogP contribution >= 0.6 is 11.8 Å². The second kappa shape index (κ2) is 9.35. The molecule has 0 aliphatic heterocycles. The average molecular weight is 355 g/mol. The molecule has 0 aliphatic rings. The SMILES string of the molecule is CSCc1ccc(C(=O)NNC(=O)COc2ccccc2C#N)cc1. The van der Waals surface area contributed by atoms with E-state index in [0.29, 0.717) is 16.9 Å². The van der Waals surface area contributed by atoms with Crippen molar-refractivity contribution in [1.29, 1.82) is 5.26 Å². The van der Waals surface area contributed by atoms with E-state index in [4.69, 9.17) is 10.00 Å². The number of rotatable bonds is 6. The van der Waals surface area contributed by atoms with Gasteiger partial charge in [0.25, 0.3) is 11.8 Å². The van der Waals surface area contributed by atoms with Crippen molar-refractivity contribution in [2.45, 2.75) is 5.75 Å². The van der Waals surface area contributed by atoms with Crippen LogP contribution in [-0.4, -0.2) is 24.7 Å². The first-order valence-electron chi connectivity index (χ1n) is 7.43. The van der Waals surface area contributed by atoms with Gasteiger partial charge in [0.2, 0.25) is 0 Å². The molecule has 0 saturated carbocycles. The minimum absolute atomic E-state index is 0.314. The molecule has 0 atom stereocenters. The van der Waals surface area contributed by atoms with Gasteiger partial charge in [0.1, 0.15) is 11.8 Å². The van der Waals surface area contributed by atoms with E-state index in [1.54, 1.807) is 48.2 Å². The Kier molecular flexibility index (Phi) is 6.87. The van der Waals surface area contributed by atoms with Gasteiger partial charge in [-0.25, -0.2) is 0 Å². The fraction of sp³-hybridized carbons (Fsp3) is 0.167. The Morgan fingerprint density at radius 3 is 2.52 bits per heavy atom. The van der Waals surface area contributed by atoms with E-state index >= 15 is 0 Å². The third kappa shape index (κ3) is 5.55. The van der Waals surface area contributed by atoms with Crippen LogP contribution in [0.1, 0.15) is 21.5 Å². The second-order valence-corrected chi connectivity index (χ2v) is 5.89. The van der Waals surface area contributed by atoms with Crippen LogP contribution < -0.4 is 15.6 Å². The molecule has 2 N–H and O–H groups in total. The van der Waals surface area contributed by atoms with Crippen molar-refractivity contribution in [1.82, 2.24) is 10.9 Å². The van der Waals surface area contributed by atoms with Crippen molar-refractivity contribution in [3.8, 4) is 11.8 Å². The number of hydrogen-bond donors (Lipinski definition) is 2. The fourth-order valence-electron chi connectivity index (χ4n) is 1.98. The summed E-state index contributed by atoms with van der Waals surface area (Å²) in [6.07, 6.45) is 2.01. The van der Waals surface area contributed by atoms with Crippen LogP contribution in [0.2, 0.25) is 0 Å². The second-order valence-electron chi connectivity index (χ2n) is 5.03. The molecule has 2 aromatic carbocycles. The van der Waals surface area contributed by atoms with E-state index in [1.807, 2.05) is 24.5 Å². The van der Waals surface area contributed by atoms with Crippen LogP contribution in [0.3, 0.4) is 0 Å². The maximum absolute atomic E-state index is 12.0. The summed E-state index contributed by atoms with van der Waals surface area (Å²) >= 11 is 1.70. The molecule has 0 fully saturated rings. The molecular formula is C18H17N3O3S. The van der Waals surface area contributed by atoms with Crippen LogP contribution in [0.4, 0.5) is 0 Å². The zero-order valence-corrected chi connectivity index (χ0v) is 14.4. The largest absolute Gasteiger partial charge is 0.482 e. The van der Waals surface area contributed by atoms with Gasteiger partial charge in [0.05, 0.1) is 5.56 Å². The highest BCUT2D eigenvalue weighted by molar-refractivity contribution is 7.97.